The van der Waals surface area contributed by atoms with Gasteiger partial charge in [-0.2, -0.15) is 0 Å². The first kappa shape index (κ1) is 17.5. The number of carbonyl (C=O) groups is 1. The number of hydrogen-bond acceptors (Lipinski definition) is 2. The van der Waals surface area contributed by atoms with Crippen LogP contribution < -0.4 is 4.74 Å². The van der Waals surface area contributed by atoms with Gasteiger partial charge in [-0.3, -0.25) is 0 Å². The average molecular weight is 292 g/mol. The summed E-state index contributed by atoms with van der Waals surface area (Å²) in [5.41, 5.74) is 1.39. The molecule has 1 N–H and O–H groups in total. The number of benzene rings is 1. The van der Waals surface area contributed by atoms with Crippen molar-refractivity contribution in [2.24, 2.45) is 5.92 Å². The summed E-state index contributed by atoms with van der Waals surface area (Å²) in [6, 6.07) is 5.44. The van der Waals surface area contributed by atoms with Crippen LogP contribution in [0.3, 0.4) is 0 Å². The molecule has 0 saturated carbocycles. The third kappa shape index (κ3) is 5.78. The van der Waals surface area contributed by atoms with Gasteiger partial charge in [-0.05, 0) is 48.8 Å². The van der Waals surface area contributed by atoms with Crippen LogP contribution in [0.15, 0.2) is 18.2 Å². The second kappa shape index (κ2) is 8.71. The number of unbranched alkanes of at least 4 members (excludes halogenated alkanes) is 1. The number of hydrogen-bond donors (Lipinski definition) is 1. The molecule has 3 nitrogen and oxygen atoms in total. The van der Waals surface area contributed by atoms with Gasteiger partial charge in [0.2, 0.25) is 0 Å². The maximum atomic E-state index is 11.3. The number of ether oxygens (including phenoxy) is 1. The molecule has 1 aromatic rings. The van der Waals surface area contributed by atoms with Gasteiger partial charge < -0.3 is 9.84 Å². The van der Waals surface area contributed by atoms with Crippen molar-refractivity contribution in [1.29, 1.82) is 0 Å². The van der Waals surface area contributed by atoms with Gasteiger partial charge in [0.25, 0.3) is 0 Å². The van der Waals surface area contributed by atoms with Gasteiger partial charge in [-0.25, -0.2) is 4.79 Å². The first-order valence-corrected chi connectivity index (χ1v) is 7.95. The van der Waals surface area contributed by atoms with Crippen LogP contribution in [0.4, 0.5) is 0 Å². The van der Waals surface area contributed by atoms with Gasteiger partial charge in [-0.15, -0.1) is 0 Å². The first-order valence-electron chi connectivity index (χ1n) is 7.95. The molecule has 1 unspecified atom stereocenters. The summed E-state index contributed by atoms with van der Waals surface area (Å²) >= 11 is 0. The fourth-order valence-electron chi connectivity index (χ4n) is 2.21. The zero-order chi connectivity index (χ0) is 15.8. The summed E-state index contributed by atoms with van der Waals surface area (Å²) in [4.78, 5) is 11.3. The summed E-state index contributed by atoms with van der Waals surface area (Å²) in [6.45, 7) is 9.26. The molecule has 0 aliphatic heterocycles. The standard InChI is InChI=1S/C18H28O3/c1-5-14(4)15-9-10-16(18(19)20)17(12-15)21-11-7-6-8-13(2)3/h9-10,12-14H,5-8,11H2,1-4H3,(H,19,20). The van der Waals surface area contributed by atoms with Crippen LogP contribution in [0.25, 0.3) is 0 Å². The minimum absolute atomic E-state index is 0.255. The van der Waals surface area contributed by atoms with Crippen LogP contribution in [-0.2, 0) is 0 Å². The van der Waals surface area contributed by atoms with Gasteiger partial charge in [0.1, 0.15) is 11.3 Å². The Hall–Kier alpha value is -1.51. The van der Waals surface area contributed by atoms with Gasteiger partial charge in [-0.1, -0.05) is 40.2 Å². The van der Waals surface area contributed by atoms with Gasteiger partial charge in [0.05, 0.1) is 6.61 Å². The molecule has 118 valence electrons. The van der Waals surface area contributed by atoms with E-state index in [1.807, 2.05) is 12.1 Å². The first-order chi connectivity index (χ1) is 9.95. The molecular formula is C18H28O3. The molecule has 0 aromatic heterocycles. The summed E-state index contributed by atoms with van der Waals surface area (Å²) < 4.78 is 5.73. The lowest BCUT2D eigenvalue weighted by atomic mass is 9.97. The van der Waals surface area contributed by atoms with Crippen molar-refractivity contribution in [1.82, 2.24) is 0 Å². The van der Waals surface area contributed by atoms with Crippen LogP contribution >= 0.6 is 0 Å². The number of carboxylic acid groups (broad SMARTS) is 1. The molecule has 0 amide bonds. The molecule has 1 rings (SSSR count). The summed E-state index contributed by atoms with van der Waals surface area (Å²) in [5, 5.41) is 9.25. The monoisotopic (exact) mass is 292 g/mol. The predicted octanol–water partition coefficient (Wildman–Crippen LogP) is 5.10. The van der Waals surface area contributed by atoms with E-state index in [0.717, 1.165) is 24.8 Å². The number of carboxylic acids is 1. The topological polar surface area (TPSA) is 46.5 Å². The van der Waals surface area contributed by atoms with Gasteiger partial charge in [0, 0.05) is 0 Å². The molecule has 21 heavy (non-hydrogen) atoms. The Morgan fingerprint density at radius 3 is 2.52 bits per heavy atom. The Balaban J connectivity index is 2.70. The van der Waals surface area contributed by atoms with Crippen molar-refractivity contribution in [3.63, 3.8) is 0 Å². The number of rotatable bonds is 9. The van der Waals surface area contributed by atoms with Gasteiger partial charge >= 0.3 is 5.97 Å². The molecule has 1 atom stereocenters. The van der Waals surface area contributed by atoms with Crippen LogP contribution in [0.2, 0.25) is 0 Å². The van der Waals surface area contributed by atoms with E-state index in [4.69, 9.17) is 4.74 Å². The molecule has 0 heterocycles. The third-order valence-corrected chi connectivity index (χ3v) is 3.85. The zero-order valence-electron chi connectivity index (χ0n) is 13.7. The smallest absolute Gasteiger partial charge is 0.339 e. The maximum absolute atomic E-state index is 11.3. The predicted molar refractivity (Wildman–Crippen MR) is 86.3 cm³/mol. The lowest BCUT2D eigenvalue weighted by Crippen LogP contribution is -2.06. The number of aromatic carboxylic acids is 1. The maximum Gasteiger partial charge on any atom is 0.339 e. The highest BCUT2D eigenvalue weighted by molar-refractivity contribution is 5.91. The highest BCUT2D eigenvalue weighted by Gasteiger charge is 2.14. The van der Waals surface area contributed by atoms with Crippen molar-refractivity contribution in [3.8, 4) is 5.75 Å². The minimum Gasteiger partial charge on any atom is -0.493 e. The minimum atomic E-state index is -0.928. The molecule has 3 heteroatoms. The highest BCUT2D eigenvalue weighted by Crippen LogP contribution is 2.27. The highest BCUT2D eigenvalue weighted by atomic mass is 16.5. The van der Waals surface area contributed by atoms with E-state index < -0.39 is 5.97 Å². The summed E-state index contributed by atoms with van der Waals surface area (Å²) in [6.07, 6.45) is 4.29. The van der Waals surface area contributed by atoms with Crippen molar-refractivity contribution in [2.75, 3.05) is 6.61 Å². The largest absolute Gasteiger partial charge is 0.493 e. The molecule has 0 bridgehead atoms. The lowest BCUT2D eigenvalue weighted by Gasteiger charge is -2.14. The second-order valence-electron chi connectivity index (χ2n) is 6.11. The quantitative estimate of drug-likeness (QED) is 0.644. The van der Waals surface area contributed by atoms with Crippen LogP contribution in [0, 0.1) is 5.92 Å². The van der Waals surface area contributed by atoms with E-state index in [2.05, 4.69) is 27.7 Å². The lowest BCUT2D eigenvalue weighted by molar-refractivity contribution is 0.0692. The average Bonchev–Trinajstić information content (AvgIpc) is 2.45. The van der Waals surface area contributed by atoms with Gasteiger partial charge in [0.15, 0.2) is 0 Å². The van der Waals surface area contributed by atoms with E-state index in [-0.39, 0.29) is 5.56 Å². The van der Waals surface area contributed by atoms with Crippen LogP contribution in [-0.4, -0.2) is 17.7 Å². The van der Waals surface area contributed by atoms with E-state index in [9.17, 15) is 9.90 Å². The SMILES string of the molecule is CCC(C)c1ccc(C(=O)O)c(OCCCCC(C)C)c1. The fourth-order valence-corrected chi connectivity index (χ4v) is 2.21. The Morgan fingerprint density at radius 2 is 1.95 bits per heavy atom. The third-order valence-electron chi connectivity index (χ3n) is 3.85. The van der Waals surface area contributed by atoms with Crippen molar-refractivity contribution in [2.45, 2.75) is 59.3 Å². The molecule has 0 saturated heterocycles. The van der Waals surface area contributed by atoms with Crippen molar-refractivity contribution >= 4 is 5.97 Å². The Morgan fingerprint density at radius 1 is 1.24 bits per heavy atom. The Bertz CT molecular complexity index is 452. The van der Waals surface area contributed by atoms with Crippen LogP contribution in [0.1, 0.15) is 75.2 Å². The molecule has 1 aromatic carbocycles. The molecule has 0 radical (unpaired) electrons. The Kier molecular flexibility index (Phi) is 7.27. The van der Waals surface area contributed by atoms with E-state index in [1.54, 1.807) is 6.07 Å². The molecule has 0 fully saturated rings. The van der Waals surface area contributed by atoms with E-state index in [1.165, 1.54) is 6.42 Å². The second-order valence-corrected chi connectivity index (χ2v) is 6.11. The fraction of sp³-hybridized carbons (Fsp3) is 0.611. The van der Waals surface area contributed by atoms with Crippen LogP contribution in [0.5, 0.6) is 5.75 Å². The molecular weight excluding hydrogens is 264 g/mol. The van der Waals surface area contributed by atoms with Crippen molar-refractivity contribution < 1.29 is 14.6 Å². The molecule has 0 aliphatic rings. The summed E-state index contributed by atoms with van der Waals surface area (Å²) in [7, 11) is 0. The molecule has 0 spiro atoms. The Labute approximate surface area is 128 Å². The zero-order valence-corrected chi connectivity index (χ0v) is 13.7. The normalized spacial score (nSPS) is 12.4. The van der Waals surface area contributed by atoms with E-state index >= 15 is 0 Å². The van der Waals surface area contributed by atoms with Crippen molar-refractivity contribution in [3.05, 3.63) is 29.3 Å². The molecule has 0 aliphatic carbocycles. The summed E-state index contributed by atoms with van der Waals surface area (Å²) in [5.74, 6) is 0.692. The van der Waals surface area contributed by atoms with E-state index in [0.29, 0.717) is 24.2 Å².